The molecule has 7 nitrogen and oxygen atoms in total. The van der Waals surface area contributed by atoms with E-state index in [1.54, 1.807) is 6.92 Å². The lowest BCUT2D eigenvalue weighted by Gasteiger charge is -2.20. The van der Waals surface area contributed by atoms with Crippen molar-refractivity contribution in [2.75, 3.05) is 13.1 Å². The molecule has 1 aromatic rings. The Balaban J connectivity index is 2.15. The van der Waals surface area contributed by atoms with Crippen LogP contribution in [0.25, 0.3) is 0 Å². The highest BCUT2D eigenvalue weighted by Gasteiger charge is 2.41. The molecule has 7 heteroatoms. The maximum atomic E-state index is 12.1. The Morgan fingerprint density at radius 2 is 2.22 bits per heavy atom. The lowest BCUT2D eigenvalue weighted by Crippen LogP contribution is -2.39. The summed E-state index contributed by atoms with van der Waals surface area (Å²) >= 11 is 0. The number of nitrogens with two attached hydrogens (primary N) is 1. The quantitative estimate of drug-likeness (QED) is 0.709. The highest BCUT2D eigenvalue weighted by molar-refractivity contribution is 5.93. The standard InChI is InChI=1S/C11H14N4O3/c1-11(10(12)18)4-5-15(6-11)9(17)7-2-3-8(16)14-13-7/h2-3H,4-6H2,1H3,(H2,12,18)(H,14,16). The van der Waals surface area contributed by atoms with Gasteiger partial charge in [-0.2, -0.15) is 5.10 Å². The Bertz CT molecular complexity index is 533. The van der Waals surface area contributed by atoms with Gasteiger partial charge in [-0.25, -0.2) is 5.10 Å². The second-order valence-electron chi connectivity index (χ2n) is 4.71. The molecule has 1 atom stereocenters. The van der Waals surface area contributed by atoms with Crippen molar-refractivity contribution in [3.63, 3.8) is 0 Å². The Labute approximate surface area is 103 Å². The number of nitrogens with one attached hydrogen (secondary N) is 1. The first kappa shape index (κ1) is 12.3. The van der Waals surface area contributed by atoms with Crippen molar-refractivity contribution in [3.8, 4) is 0 Å². The second-order valence-corrected chi connectivity index (χ2v) is 4.71. The summed E-state index contributed by atoms with van der Waals surface area (Å²) in [6.07, 6.45) is 0.539. The van der Waals surface area contributed by atoms with Gasteiger partial charge in [0.25, 0.3) is 11.5 Å². The number of aromatic nitrogens is 2. The van der Waals surface area contributed by atoms with Crippen LogP contribution in [-0.2, 0) is 4.79 Å². The number of hydrogen-bond donors (Lipinski definition) is 2. The molecule has 0 bridgehead atoms. The molecule has 1 aliphatic rings. The monoisotopic (exact) mass is 250 g/mol. The van der Waals surface area contributed by atoms with Gasteiger partial charge < -0.3 is 10.6 Å². The average Bonchev–Trinajstić information content (AvgIpc) is 2.73. The largest absolute Gasteiger partial charge is 0.369 e. The summed E-state index contributed by atoms with van der Waals surface area (Å²) in [5.74, 6) is -0.719. The van der Waals surface area contributed by atoms with Gasteiger partial charge in [-0.3, -0.25) is 14.4 Å². The highest BCUT2D eigenvalue weighted by Crippen LogP contribution is 2.29. The minimum atomic E-state index is -0.683. The smallest absolute Gasteiger partial charge is 0.274 e. The first-order valence-electron chi connectivity index (χ1n) is 5.57. The van der Waals surface area contributed by atoms with Crippen LogP contribution in [0.5, 0.6) is 0 Å². The SMILES string of the molecule is CC1(C(N)=O)CCN(C(=O)c2ccc(=O)[nH]n2)C1. The highest BCUT2D eigenvalue weighted by atomic mass is 16.2. The van der Waals surface area contributed by atoms with Crippen LogP contribution in [0.4, 0.5) is 0 Å². The van der Waals surface area contributed by atoms with E-state index in [-0.39, 0.29) is 23.7 Å². The Morgan fingerprint density at radius 1 is 1.50 bits per heavy atom. The number of carbonyl (C=O) groups excluding carboxylic acids is 2. The van der Waals surface area contributed by atoms with Gasteiger partial charge >= 0.3 is 0 Å². The van der Waals surface area contributed by atoms with Crippen LogP contribution < -0.4 is 11.3 Å². The molecule has 1 fully saturated rings. The molecule has 0 spiro atoms. The number of primary amides is 1. The molecule has 1 unspecified atom stereocenters. The minimum absolute atomic E-state index is 0.156. The first-order valence-corrected chi connectivity index (χ1v) is 5.57. The molecule has 2 amide bonds. The minimum Gasteiger partial charge on any atom is -0.369 e. The van der Waals surface area contributed by atoms with Crippen molar-refractivity contribution in [2.24, 2.45) is 11.1 Å². The number of likely N-dealkylation sites (tertiary alicyclic amines) is 1. The summed E-state index contributed by atoms with van der Waals surface area (Å²) < 4.78 is 0. The number of rotatable bonds is 2. The van der Waals surface area contributed by atoms with E-state index >= 15 is 0 Å². The summed E-state index contributed by atoms with van der Waals surface area (Å²) in [7, 11) is 0. The predicted octanol–water partition coefficient (Wildman–Crippen LogP) is -0.893. The van der Waals surface area contributed by atoms with Crippen LogP contribution in [0, 0.1) is 5.41 Å². The topological polar surface area (TPSA) is 109 Å². The molecule has 2 heterocycles. The molecule has 0 aliphatic carbocycles. The maximum absolute atomic E-state index is 12.1. The summed E-state index contributed by atoms with van der Waals surface area (Å²) in [5, 5.41) is 5.87. The van der Waals surface area contributed by atoms with E-state index < -0.39 is 11.3 Å². The van der Waals surface area contributed by atoms with Crippen molar-refractivity contribution in [2.45, 2.75) is 13.3 Å². The van der Waals surface area contributed by atoms with E-state index in [0.29, 0.717) is 13.0 Å². The van der Waals surface area contributed by atoms with Gasteiger partial charge in [0.1, 0.15) is 5.69 Å². The third-order valence-corrected chi connectivity index (χ3v) is 3.25. The van der Waals surface area contributed by atoms with Crippen LogP contribution in [0.1, 0.15) is 23.8 Å². The Hall–Kier alpha value is -2.18. The molecule has 1 saturated heterocycles. The molecule has 2 rings (SSSR count). The summed E-state index contributed by atoms with van der Waals surface area (Å²) in [5.41, 5.74) is 4.42. The number of carbonyl (C=O) groups is 2. The molecular weight excluding hydrogens is 236 g/mol. The number of amides is 2. The van der Waals surface area contributed by atoms with E-state index in [2.05, 4.69) is 10.2 Å². The molecule has 0 saturated carbocycles. The van der Waals surface area contributed by atoms with E-state index in [4.69, 9.17) is 5.73 Å². The van der Waals surface area contributed by atoms with Crippen molar-refractivity contribution in [1.29, 1.82) is 0 Å². The summed E-state index contributed by atoms with van der Waals surface area (Å²) in [6, 6.07) is 2.60. The molecule has 1 aromatic heterocycles. The number of H-pyrrole nitrogens is 1. The van der Waals surface area contributed by atoms with Crippen molar-refractivity contribution in [3.05, 3.63) is 28.2 Å². The first-order chi connectivity index (χ1) is 8.42. The molecule has 0 radical (unpaired) electrons. The van der Waals surface area contributed by atoms with Crippen molar-refractivity contribution < 1.29 is 9.59 Å². The van der Waals surface area contributed by atoms with Gasteiger partial charge in [-0.15, -0.1) is 0 Å². The van der Waals surface area contributed by atoms with Crippen LogP contribution in [0.15, 0.2) is 16.9 Å². The molecule has 3 N–H and O–H groups in total. The number of aromatic amines is 1. The third kappa shape index (κ3) is 2.11. The average molecular weight is 250 g/mol. The number of hydrogen-bond acceptors (Lipinski definition) is 4. The zero-order chi connectivity index (χ0) is 13.3. The predicted molar refractivity (Wildman–Crippen MR) is 62.7 cm³/mol. The third-order valence-electron chi connectivity index (χ3n) is 3.25. The van der Waals surface area contributed by atoms with Gasteiger partial charge in [-0.1, -0.05) is 0 Å². The normalized spacial score (nSPS) is 23.1. The van der Waals surface area contributed by atoms with E-state index in [0.717, 1.165) is 0 Å². The fraction of sp³-hybridized carbons (Fsp3) is 0.455. The second kappa shape index (κ2) is 4.25. The molecule has 1 aliphatic heterocycles. The molecular formula is C11H14N4O3. The van der Waals surface area contributed by atoms with Gasteiger partial charge in [0, 0.05) is 19.2 Å². The molecule has 96 valence electrons. The van der Waals surface area contributed by atoms with Crippen LogP contribution in [-0.4, -0.2) is 40.0 Å². The maximum Gasteiger partial charge on any atom is 0.274 e. The van der Waals surface area contributed by atoms with Crippen molar-refractivity contribution in [1.82, 2.24) is 15.1 Å². The van der Waals surface area contributed by atoms with Crippen LogP contribution in [0.3, 0.4) is 0 Å². The van der Waals surface area contributed by atoms with Crippen molar-refractivity contribution >= 4 is 11.8 Å². The number of nitrogens with zero attached hydrogens (tertiary/aromatic N) is 2. The van der Waals surface area contributed by atoms with Gasteiger partial charge in [-0.05, 0) is 19.4 Å². The zero-order valence-electron chi connectivity index (χ0n) is 9.97. The fourth-order valence-electron chi connectivity index (χ4n) is 1.96. The summed E-state index contributed by atoms with van der Waals surface area (Å²) in [6.45, 7) is 2.48. The van der Waals surface area contributed by atoms with Gasteiger partial charge in [0.2, 0.25) is 5.91 Å². The van der Waals surface area contributed by atoms with Gasteiger partial charge in [0.15, 0.2) is 0 Å². The van der Waals surface area contributed by atoms with Crippen LogP contribution >= 0.6 is 0 Å². The van der Waals surface area contributed by atoms with E-state index in [1.807, 2.05) is 0 Å². The van der Waals surface area contributed by atoms with E-state index in [9.17, 15) is 14.4 Å². The Kier molecular flexibility index (Phi) is 2.90. The van der Waals surface area contributed by atoms with Crippen LogP contribution in [0.2, 0.25) is 0 Å². The lowest BCUT2D eigenvalue weighted by molar-refractivity contribution is -0.126. The lowest BCUT2D eigenvalue weighted by atomic mass is 9.89. The zero-order valence-corrected chi connectivity index (χ0v) is 9.97. The molecule has 0 aromatic carbocycles. The van der Waals surface area contributed by atoms with Gasteiger partial charge in [0.05, 0.1) is 5.41 Å². The Morgan fingerprint density at radius 3 is 2.72 bits per heavy atom. The molecule has 18 heavy (non-hydrogen) atoms. The fourth-order valence-corrected chi connectivity index (χ4v) is 1.96. The van der Waals surface area contributed by atoms with E-state index in [1.165, 1.54) is 17.0 Å². The summed E-state index contributed by atoms with van der Waals surface area (Å²) in [4.78, 5) is 35.7.